The van der Waals surface area contributed by atoms with Gasteiger partial charge in [-0.1, -0.05) is 28.1 Å². The van der Waals surface area contributed by atoms with Gasteiger partial charge in [-0.25, -0.2) is 8.78 Å². The number of hydrogen-bond donors (Lipinski definition) is 0. The Balaban J connectivity index is 2.50. The first-order valence-corrected chi connectivity index (χ1v) is 5.84. The number of ether oxygens (including phenoxy) is 1. The molecule has 0 aliphatic carbocycles. The summed E-state index contributed by atoms with van der Waals surface area (Å²) in [5.74, 6) is -3.17. The second-order valence-corrected chi connectivity index (χ2v) is 4.53. The highest BCUT2D eigenvalue weighted by Crippen LogP contribution is 2.34. The Morgan fingerprint density at radius 2 is 1.78 bits per heavy atom. The lowest BCUT2D eigenvalue weighted by Gasteiger charge is -2.17. The van der Waals surface area contributed by atoms with Gasteiger partial charge in [-0.15, -0.1) is 13.2 Å². The predicted octanol–water partition coefficient (Wildman–Crippen LogP) is 4.86. The van der Waals surface area contributed by atoms with Gasteiger partial charge in [0.1, 0.15) is 0 Å². The van der Waals surface area contributed by atoms with Crippen molar-refractivity contribution >= 4 is 15.9 Å². The molecule has 1 aromatic rings. The van der Waals surface area contributed by atoms with Gasteiger partial charge in [0.2, 0.25) is 0 Å². The van der Waals surface area contributed by atoms with Crippen LogP contribution in [0.3, 0.4) is 0 Å². The van der Waals surface area contributed by atoms with Crippen molar-refractivity contribution in [2.24, 2.45) is 0 Å². The smallest absolute Gasteiger partial charge is 0.292 e. The quantitative estimate of drug-likeness (QED) is 0.552. The van der Waals surface area contributed by atoms with Crippen molar-refractivity contribution in [1.82, 2.24) is 0 Å². The van der Waals surface area contributed by atoms with Crippen LogP contribution in [0, 0.1) is 0 Å². The van der Waals surface area contributed by atoms with Crippen molar-refractivity contribution in [3.05, 3.63) is 34.3 Å². The standard InChI is InChI=1S/C11H10BrF5O/c12-9-4-1-3-8(7-9)10(13,14)5-2-6-18-11(15,16)17/h1,3-4,7H,2,5-6H2. The van der Waals surface area contributed by atoms with Gasteiger partial charge < -0.3 is 0 Å². The topological polar surface area (TPSA) is 9.23 Å². The zero-order valence-corrected chi connectivity index (χ0v) is 10.7. The molecule has 0 unspecified atom stereocenters. The summed E-state index contributed by atoms with van der Waals surface area (Å²) in [6.07, 6.45) is -5.84. The van der Waals surface area contributed by atoms with Crippen LogP contribution in [0.4, 0.5) is 22.0 Å². The highest BCUT2D eigenvalue weighted by Gasteiger charge is 2.33. The van der Waals surface area contributed by atoms with E-state index in [1.165, 1.54) is 18.2 Å². The van der Waals surface area contributed by atoms with Gasteiger partial charge in [-0.3, -0.25) is 4.74 Å². The van der Waals surface area contributed by atoms with Crippen LogP contribution in [-0.2, 0) is 10.7 Å². The highest BCUT2D eigenvalue weighted by molar-refractivity contribution is 9.10. The molecular formula is C11H10BrF5O. The second-order valence-electron chi connectivity index (χ2n) is 3.61. The molecule has 0 N–H and O–H groups in total. The molecule has 0 radical (unpaired) electrons. The van der Waals surface area contributed by atoms with Crippen molar-refractivity contribution in [2.45, 2.75) is 25.1 Å². The summed E-state index contributed by atoms with van der Waals surface area (Å²) < 4.78 is 66.0. The van der Waals surface area contributed by atoms with Crippen LogP contribution in [0.5, 0.6) is 0 Å². The van der Waals surface area contributed by atoms with Crippen LogP contribution < -0.4 is 0 Å². The molecule has 0 spiro atoms. The molecule has 0 aromatic heterocycles. The Labute approximate surface area is 109 Å². The molecule has 1 nitrogen and oxygen atoms in total. The first kappa shape index (κ1) is 15.4. The van der Waals surface area contributed by atoms with Crippen LogP contribution in [-0.4, -0.2) is 13.0 Å². The van der Waals surface area contributed by atoms with E-state index < -0.39 is 25.3 Å². The van der Waals surface area contributed by atoms with Gasteiger partial charge >= 0.3 is 6.36 Å². The zero-order chi connectivity index (χ0) is 13.8. The van der Waals surface area contributed by atoms with E-state index in [0.29, 0.717) is 4.47 Å². The number of halogens is 6. The average Bonchev–Trinajstić information content (AvgIpc) is 2.23. The van der Waals surface area contributed by atoms with E-state index in [0.717, 1.165) is 0 Å². The molecule has 1 rings (SSSR count). The third-order valence-electron chi connectivity index (χ3n) is 2.15. The molecule has 0 heterocycles. The van der Waals surface area contributed by atoms with Gasteiger partial charge in [0.25, 0.3) is 5.92 Å². The van der Waals surface area contributed by atoms with E-state index >= 15 is 0 Å². The second kappa shape index (κ2) is 5.97. The molecule has 0 saturated heterocycles. The summed E-state index contributed by atoms with van der Waals surface area (Å²) in [7, 11) is 0. The third-order valence-corrected chi connectivity index (χ3v) is 2.64. The molecule has 0 fully saturated rings. The summed E-state index contributed by atoms with van der Waals surface area (Å²) in [6, 6.07) is 5.51. The maximum Gasteiger partial charge on any atom is 0.522 e. The largest absolute Gasteiger partial charge is 0.522 e. The normalized spacial score (nSPS) is 12.8. The van der Waals surface area contributed by atoms with Gasteiger partial charge in [0.05, 0.1) is 6.61 Å². The van der Waals surface area contributed by atoms with Gasteiger partial charge in [0, 0.05) is 16.5 Å². The molecule has 18 heavy (non-hydrogen) atoms. The van der Waals surface area contributed by atoms with E-state index in [2.05, 4.69) is 20.7 Å². The fourth-order valence-corrected chi connectivity index (χ4v) is 1.74. The Hall–Kier alpha value is -0.690. The highest BCUT2D eigenvalue weighted by atomic mass is 79.9. The fraction of sp³-hybridized carbons (Fsp3) is 0.455. The van der Waals surface area contributed by atoms with Crippen molar-refractivity contribution in [3.8, 4) is 0 Å². The van der Waals surface area contributed by atoms with Crippen molar-refractivity contribution in [3.63, 3.8) is 0 Å². The monoisotopic (exact) mass is 332 g/mol. The Kier molecular flexibility index (Phi) is 5.10. The maximum absolute atomic E-state index is 13.6. The molecule has 0 aliphatic heterocycles. The number of alkyl halides is 5. The fourth-order valence-electron chi connectivity index (χ4n) is 1.34. The molecule has 0 bridgehead atoms. The lowest BCUT2D eigenvalue weighted by atomic mass is 10.0. The summed E-state index contributed by atoms with van der Waals surface area (Å²) in [6.45, 7) is -0.771. The molecule has 0 amide bonds. The molecule has 7 heteroatoms. The number of benzene rings is 1. The van der Waals surface area contributed by atoms with Crippen LogP contribution >= 0.6 is 15.9 Å². The minimum absolute atomic E-state index is 0.233. The summed E-state index contributed by atoms with van der Waals surface area (Å²) in [5, 5.41) is 0. The first-order chi connectivity index (χ1) is 8.21. The van der Waals surface area contributed by atoms with E-state index in [1.807, 2.05) is 0 Å². The van der Waals surface area contributed by atoms with Gasteiger partial charge in [-0.2, -0.15) is 0 Å². The van der Waals surface area contributed by atoms with E-state index in [1.54, 1.807) is 6.07 Å². The lowest BCUT2D eigenvalue weighted by molar-refractivity contribution is -0.325. The molecule has 0 atom stereocenters. The van der Waals surface area contributed by atoms with Crippen molar-refractivity contribution in [1.29, 1.82) is 0 Å². The van der Waals surface area contributed by atoms with Crippen molar-refractivity contribution < 1.29 is 26.7 Å². The van der Waals surface area contributed by atoms with Gasteiger partial charge in [0.15, 0.2) is 0 Å². The maximum atomic E-state index is 13.6. The zero-order valence-electron chi connectivity index (χ0n) is 9.11. The molecule has 102 valence electrons. The van der Waals surface area contributed by atoms with Crippen LogP contribution in [0.1, 0.15) is 18.4 Å². The van der Waals surface area contributed by atoms with E-state index in [4.69, 9.17) is 0 Å². The first-order valence-electron chi connectivity index (χ1n) is 5.05. The Morgan fingerprint density at radius 3 is 2.33 bits per heavy atom. The van der Waals surface area contributed by atoms with Crippen molar-refractivity contribution in [2.75, 3.05) is 6.61 Å². The Morgan fingerprint density at radius 1 is 1.11 bits per heavy atom. The predicted molar refractivity (Wildman–Crippen MR) is 59.3 cm³/mol. The average molecular weight is 333 g/mol. The lowest BCUT2D eigenvalue weighted by Crippen LogP contribution is -2.18. The summed E-state index contributed by atoms with van der Waals surface area (Å²) in [5.41, 5.74) is -0.233. The van der Waals surface area contributed by atoms with E-state index in [9.17, 15) is 22.0 Å². The third kappa shape index (κ3) is 5.30. The molecule has 0 aliphatic rings. The molecule has 0 saturated carbocycles. The van der Waals surface area contributed by atoms with Crippen LogP contribution in [0.15, 0.2) is 28.7 Å². The number of rotatable bonds is 5. The van der Waals surface area contributed by atoms with Crippen LogP contribution in [0.2, 0.25) is 0 Å². The SMILES string of the molecule is FC(F)(F)OCCCC(F)(F)c1cccc(Br)c1. The van der Waals surface area contributed by atoms with Crippen LogP contribution in [0.25, 0.3) is 0 Å². The number of hydrogen-bond acceptors (Lipinski definition) is 1. The van der Waals surface area contributed by atoms with E-state index in [-0.39, 0.29) is 12.0 Å². The molecular weight excluding hydrogens is 323 g/mol. The summed E-state index contributed by atoms with van der Waals surface area (Å²) in [4.78, 5) is 0. The minimum Gasteiger partial charge on any atom is -0.292 e. The van der Waals surface area contributed by atoms with Gasteiger partial charge in [-0.05, 0) is 18.6 Å². The minimum atomic E-state index is -4.77. The Bertz CT molecular complexity index is 391. The summed E-state index contributed by atoms with van der Waals surface area (Å²) >= 11 is 3.06. The molecule has 1 aromatic carbocycles.